The Morgan fingerprint density at radius 2 is 1.96 bits per heavy atom. The lowest BCUT2D eigenvalue weighted by atomic mass is 10.1. The van der Waals surface area contributed by atoms with Crippen molar-refractivity contribution >= 4 is 17.7 Å². The van der Waals surface area contributed by atoms with Crippen molar-refractivity contribution in [3.63, 3.8) is 0 Å². The maximum absolute atomic E-state index is 12.6. The summed E-state index contributed by atoms with van der Waals surface area (Å²) in [6.45, 7) is 4.07. The summed E-state index contributed by atoms with van der Waals surface area (Å²) in [5.41, 5.74) is 0.820. The number of nitrogens with one attached hydrogen (secondary N) is 1. The molecule has 2 aromatic heterocycles. The van der Waals surface area contributed by atoms with E-state index in [9.17, 15) is 4.79 Å². The summed E-state index contributed by atoms with van der Waals surface area (Å²) in [6, 6.07) is 3.94. The van der Waals surface area contributed by atoms with Gasteiger partial charge in [0.1, 0.15) is 0 Å². The SMILES string of the molecule is CC(C)C(Sc1nnc(-c2ccncc2)o1)C(=O)NC1CCCC1. The van der Waals surface area contributed by atoms with Crippen LogP contribution in [0.15, 0.2) is 34.2 Å². The Balaban J connectivity index is 1.67. The molecule has 1 atom stereocenters. The maximum atomic E-state index is 12.6. The average Bonchev–Trinajstić information content (AvgIpc) is 3.24. The molecule has 1 aliphatic carbocycles. The molecule has 0 aromatic carbocycles. The van der Waals surface area contributed by atoms with Crippen LogP contribution in [-0.2, 0) is 4.79 Å². The third kappa shape index (κ3) is 4.14. The number of hydrogen-bond acceptors (Lipinski definition) is 6. The van der Waals surface area contributed by atoms with Gasteiger partial charge in [-0.05, 0) is 30.9 Å². The van der Waals surface area contributed by atoms with E-state index in [4.69, 9.17) is 4.42 Å². The van der Waals surface area contributed by atoms with Crippen LogP contribution < -0.4 is 5.32 Å². The van der Waals surface area contributed by atoms with Gasteiger partial charge in [-0.3, -0.25) is 9.78 Å². The minimum Gasteiger partial charge on any atom is -0.411 e. The molecule has 0 aliphatic heterocycles. The van der Waals surface area contributed by atoms with Crippen molar-refractivity contribution in [2.45, 2.75) is 56.0 Å². The number of nitrogens with zero attached hydrogens (tertiary/aromatic N) is 3. The molecule has 24 heavy (non-hydrogen) atoms. The quantitative estimate of drug-likeness (QED) is 0.808. The molecule has 1 amide bonds. The van der Waals surface area contributed by atoms with Crippen molar-refractivity contribution in [3.05, 3.63) is 24.5 Å². The van der Waals surface area contributed by atoms with Crippen LogP contribution in [0, 0.1) is 5.92 Å². The van der Waals surface area contributed by atoms with E-state index < -0.39 is 0 Å². The topological polar surface area (TPSA) is 80.9 Å². The molecule has 6 nitrogen and oxygen atoms in total. The molecule has 2 heterocycles. The molecule has 3 rings (SSSR count). The van der Waals surface area contributed by atoms with Crippen LogP contribution in [0.5, 0.6) is 0 Å². The van der Waals surface area contributed by atoms with Crippen LogP contribution in [-0.4, -0.2) is 32.4 Å². The number of aromatic nitrogens is 3. The van der Waals surface area contributed by atoms with Crippen molar-refractivity contribution in [2.75, 3.05) is 0 Å². The van der Waals surface area contributed by atoms with E-state index >= 15 is 0 Å². The van der Waals surface area contributed by atoms with E-state index in [1.165, 1.54) is 24.6 Å². The highest BCUT2D eigenvalue weighted by Gasteiger charge is 2.28. The van der Waals surface area contributed by atoms with Crippen LogP contribution in [0.25, 0.3) is 11.5 Å². The van der Waals surface area contributed by atoms with Crippen molar-refractivity contribution in [1.29, 1.82) is 0 Å². The monoisotopic (exact) mass is 346 g/mol. The number of rotatable bonds is 6. The molecule has 1 N–H and O–H groups in total. The minimum absolute atomic E-state index is 0.0607. The van der Waals surface area contributed by atoms with Gasteiger partial charge in [0.2, 0.25) is 11.8 Å². The number of hydrogen-bond donors (Lipinski definition) is 1. The molecular formula is C17H22N4O2S. The fourth-order valence-electron chi connectivity index (χ4n) is 2.82. The number of carbonyl (C=O) groups excluding carboxylic acids is 1. The Labute approximate surface area is 145 Å². The number of thioether (sulfide) groups is 1. The standard InChI is InChI=1S/C17H22N4O2S/c1-11(2)14(15(22)19-13-5-3-4-6-13)24-17-21-20-16(23-17)12-7-9-18-10-8-12/h7-11,13-14H,3-6H2,1-2H3,(H,19,22). The third-order valence-electron chi connectivity index (χ3n) is 4.13. The summed E-state index contributed by atoms with van der Waals surface area (Å²) < 4.78 is 5.70. The summed E-state index contributed by atoms with van der Waals surface area (Å²) in [7, 11) is 0. The summed E-state index contributed by atoms with van der Waals surface area (Å²) in [5.74, 6) is 0.678. The summed E-state index contributed by atoms with van der Waals surface area (Å²) in [5, 5.41) is 11.5. The van der Waals surface area contributed by atoms with E-state index in [2.05, 4.69) is 20.5 Å². The molecule has 1 unspecified atom stereocenters. The lowest BCUT2D eigenvalue weighted by Crippen LogP contribution is -2.40. The molecule has 0 bridgehead atoms. The first kappa shape index (κ1) is 17.0. The molecule has 0 radical (unpaired) electrons. The molecule has 128 valence electrons. The maximum Gasteiger partial charge on any atom is 0.277 e. The van der Waals surface area contributed by atoms with Gasteiger partial charge in [0.05, 0.1) is 5.25 Å². The molecule has 1 saturated carbocycles. The summed E-state index contributed by atoms with van der Waals surface area (Å²) >= 11 is 1.34. The lowest BCUT2D eigenvalue weighted by Gasteiger charge is -2.20. The molecule has 2 aromatic rings. The number of carbonyl (C=O) groups is 1. The second kappa shape index (κ2) is 7.79. The van der Waals surface area contributed by atoms with Crippen LogP contribution >= 0.6 is 11.8 Å². The molecular weight excluding hydrogens is 324 g/mol. The fraction of sp³-hybridized carbons (Fsp3) is 0.529. The van der Waals surface area contributed by atoms with Gasteiger partial charge in [0, 0.05) is 24.0 Å². The lowest BCUT2D eigenvalue weighted by molar-refractivity contribution is -0.121. The summed E-state index contributed by atoms with van der Waals surface area (Å²) in [6.07, 6.45) is 7.91. The van der Waals surface area contributed by atoms with Crippen LogP contribution in [0.1, 0.15) is 39.5 Å². The zero-order valence-corrected chi connectivity index (χ0v) is 14.8. The van der Waals surface area contributed by atoms with Gasteiger partial charge in [-0.15, -0.1) is 10.2 Å². The van der Waals surface area contributed by atoms with Crippen molar-refractivity contribution in [2.24, 2.45) is 5.92 Å². The highest BCUT2D eigenvalue weighted by molar-refractivity contribution is 8.00. The molecule has 1 fully saturated rings. The number of amides is 1. The Morgan fingerprint density at radius 1 is 1.25 bits per heavy atom. The van der Waals surface area contributed by atoms with Gasteiger partial charge < -0.3 is 9.73 Å². The van der Waals surface area contributed by atoms with Crippen LogP contribution in [0.2, 0.25) is 0 Å². The van der Waals surface area contributed by atoms with Gasteiger partial charge in [0.25, 0.3) is 5.22 Å². The van der Waals surface area contributed by atoms with Crippen molar-refractivity contribution in [3.8, 4) is 11.5 Å². The second-order valence-corrected chi connectivity index (χ2v) is 7.47. The van der Waals surface area contributed by atoms with E-state index in [0.29, 0.717) is 17.2 Å². The van der Waals surface area contributed by atoms with Crippen molar-refractivity contribution in [1.82, 2.24) is 20.5 Å². The predicted octanol–water partition coefficient (Wildman–Crippen LogP) is 3.31. The Bertz CT molecular complexity index is 668. The van der Waals surface area contributed by atoms with Gasteiger partial charge in [-0.2, -0.15) is 0 Å². The highest BCUT2D eigenvalue weighted by atomic mass is 32.2. The summed E-state index contributed by atoms with van der Waals surface area (Å²) in [4.78, 5) is 16.6. The van der Waals surface area contributed by atoms with Crippen LogP contribution in [0.3, 0.4) is 0 Å². The normalized spacial score (nSPS) is 16.5. The molecule has 0 saturated heterocycles. The second-order valence-electron chi connectivity index (χ2n) is 6.38. The average molecular weight is 346 g/mol. The van der Waals surface area contributed by atoms with E-state index in [0.717, 1.165) is 18.4 Å². The van der Waals surface area contributed by atoms with Gasteiger partial charge in [-0.1, -0.05) is 38.5 Å². The predicted molar refractivity (Wildman–Crippen MR) is 92.4 cm³/mol. The smallest absolute Gasteiger partial charge is 0.277 e. The zero-order chi connectivity index (χ0) is 16.9. The molecule has 0 spiro atoms. The first-order valence-corrected chi connectivity index (χ1v) is 9.22. The third-order valence-corrected chi connectivity index (χ3v) is 5.51. The molecule has 1 aliphatic rings. The highest BCUT2D eigenvalue weighted by Crippen LogP contribution is 2.30. The minimum atomic E-state index is -0.239. The first-order valence-electron chi connectivity index (χ1n) is 8.34. The van der Waals surface area contributed by atoms with E-state index in [1.54, 1.807) is 12.4 Å². The Kier molecular flexibility index (Phi) is 5.50. The fourth-order valence-corrected chi connectivity index (χ4v) is 3.70. The van der Waals surface area contributed by atoms with Crippen LogP contribution in [0.4, 0.5) is 0 Å². The van der Waals surface area contributed by atoms with Gasteiger partial charge in [0.15, 0.2) is 0 Å². The molecule has 7 heteroatoms. The zero-order valence-electron chi connectivity index (χ0n) is 13.9. The first-order chi connectivity index (χ1) is 11.6. The Hall–Kier alpha value is -1.89. The largest absolute Gasteiger partial charge is 0.411 e. The van der Waals surface area contributed by atoms with E-state index in [-0.39, 0.29) is 17.1 Å². The van der Waals surface area contributed by atoms with Crippen molar-refractivity contribution < 1.29 is 9.21 Å². The van der Waals surface area contributed by atoms with Gasteiger partial charge in [-0.25, -0.2) is 0 Å². The van der Waals surface area contributed by atoms with E-state index in [1.807, 2.05) is 26.0 Å². The number of pyridine rings is 1. The van der Waals surface area contributed by atoms with Gasteiger partial charge >= 0.3 is 0 Å². The Morgan fingerprint density at radius 3 is 2.62 bits per heavy atom.